The largest absolute Gasteiger partial charge is 0.449 e. The van der Waals surface area contributed by atoms with Gasteiger partial charge in [0.05, 0.1) is 11.5 Å². The van der Waals surface area contributed by atoms with E-state index in [4.69, 9.17) is 9.15 Å². The maximum atomic E-state index is 12.6. The first-order valence-electron chi connectivity index (χ1n) is 8.74. The molecule has 0 aliphatic heterocycles. The molecule has 28 heavy (non-hydrogen) atoms. The normalized spacial score (nSPS) is 11.5. The van der Waals surface area contributed by atoms with E-state index in [1.807, 2.05) is 13.8 Å². The van der Waals surface area contributed by atoms with Gasteiger partial charge in [0.15, 0.2) is 5.58 Å². The number of aromatic nitrogens is 1. The smallest absolute Gasteiger partial charge is 0.429 e. The molecule has 0 unspecified atom stereocenters. The number of rotatable bonds is 6. The van der Waals surface area contributed by atoms with Crippen LogP contribution in [0.3, 0.4) is 0 Å². The van der Waals surface area contributed by atoms with Crippen molar-refractivity contribution in [3.05, 3.63) is 58.6 Å². The molecule has 0 saturated carbocycles. The Balaban J connectivity index is 1.91. The summed E-state index contributed by atoms with van der Waals surface area (Å²) in [6, 6.07) is 10.7. The van der Waals surface area contributed by atoms with Crippen LogP contribution in [0.1, 0.15) is 25.3 Å². The Bertz CT molecular complexity index is 1160. The van der Waals surface area contributed by atoms with Gasteiger partial charge in [-0.05, 0) is 37.6 Å². The molecule has 0 bridgehead atoms. The Morgan fingerprint density at radius 2 is 1.89 bits per heavy atom. The molecule has 0 saturated heterocycles. The third-order valence-electron chi connectivity index (χ3n) is 4.07. The van der Waals surface area contributed by atoms with Crippen LogP contribution in [0.25, 0.3) is 11.1 Å². The lowest BCUT2D eigenvalue weighted by Gasteiger charge is -2.08. The number of ether oxygens (including phenoxy) is 1. The number of nitrogens with zero attached hydrogens (tertiary/aromatic N) is 1. The summed E-state index contributed by atoms with van der Waals surface area (Å²) in [6.45, 7) is 4.02. The van der Waals surface area contributed by atoms with E-state index >= 15 is 0 Å². The second kappa shape index (κ2) is 7.89. The molecule has 1 N–H and O–H groups in total. The van der Waals surface area contributed by atoms with E-state index in [2.05, 4.69) is 4.72 Å². The first-order chi connectivity index (χ1) is 13.3. The zero-order valence-electron chi connectivity index (χ0n) is 15.5. The molecular weight excluding hydrogens is 384 g/mol. The van der Waals surface area contributed by atoms with Gasteiger partial charge in [0, 0.05) is 11.8 Å². The summed E-state index contributed by atoms with van der Waals surface area (Å²) in [7, 11) is -3.90. The third-order valence-corrected chi connectivity index (χ3v) is 5.45. The number of nitrogens with one attached hydrogen (secondary N) is 1. The van der Waals surface area contributed by atoms with Crippen LogP contribution in [0.4, 0.5) is 10.5 Å². The summed E-state index contributed by atoms with van der Waals surface area (Å²) in [5.74, 6) is -0.933. The van der Waals surface area contributed by atoms with Gasteiger partial charge in [-0.2, -0.15) is 4.57 Å². The summed E-state index contributed by atoms with van der Waals surface area (Å²) in [5, 5.41) is 0. The van der Waals surface area contributed by atoms with E-state index in [-0.39, 0.29) is 22.6 Å². The Labute approximate surface area is 161 Å². The van der Waals surface area contributed by atoms with Crippen molar-refractivity contribution in [3.63, 3.8) is 0 Å². The molecule has 3 aromatic rings. The van der Waals surface area contributed by atoms with Crippen molar-refractivity contribution in [3.8, 4) is 0 Å². The number of carbonyl (C=O) groups is 1. The highest BCUT2D eigenvalue weighted by Gasteiger charge is 2.21. The number of aryl methyl sites for hydroxylation is 1. The van der Waals surface area contributed by atoms with Gasteiger partial charge in [0.25, 0.3) is 10.0 Å². The van der Waals surface area contributed by atoms with Crippen molar-refractivity contribution in [1.29, 1.82) is 0 Å². The fourth-order valence-electron chi connectivity index (χ4n) is 2.54. The molecule has 9 heteroatoms. The molecule has 0 amide bonds. The van der Waals surface area contributed by atoms with Crippen molar-refractivity contribution < 1.29 is 22.4 Å². The molecule has 0 spiro atoms. The summed E-state index contributed by atoms with van der Waals surface area (Å²) in [6.07, 6.45) is 0.651. The van der Waals surface area contributed by atoms with Crippen molar-refractivity contribution in [2.24, 2.45) is 0 Å². The summed E-state index contributed by atoms with van der Waals surface area (Å²) in [5.41, 5.74) is 1.52. The monoisotopic (exact) mass is 404 g/mol. The zero-order valence-corrected chi connectivity index (χ0v) is 16.3. The Morgan fingerprint density at radius 1 is 1.18 bits per heavy atom. The predicted molar refractivity (Wildman–Crippen MR) is 104 cm³/mol. The SMILES string of the molecule is CCCCOC(=O)n1c(=O)oc2cc(S(=O)(=O)Nc3ccc(C)cc3)ccc21. The van der Waals surface area contributed by atoms with Gasteiger partial charge in [-0.15, -0.1) is 0 Å². The number of unbranched alkanes of at least 4 members (excludes halogenated alkanes) is 1. The van der Waals surface area contributed by atoms with Crippen molar-refractivity contribution in [1.82, 2.24) is 4.57 Å². The number of anilines is 1. The molecule has 0 atom stereocenters. The van der Waals surface area contributed by atoms with Crippen LogP contribution < -0.4 is 10.5 Å². The molecule has 3 rings (SSSR count). The third kappa shape index (κ3) is 4.09. The Hall–Kier alpha value is -3.07. The van der Waals surface area contributed by atoms with Crippen molar-refractivity contribution in [2.75, 3.05) is 11.3 Å². The second-order valence-electron chi connectivity index (χ2n) is 6.27. The highest BCUT2D eigenvalue weighted by molar-refractivity contribution is 7.92. The van der Waals surface area contributed by atoms with Crippen LogP contribution in [0.15, 0.2) is 56.6 Å². The lowest BCUT2D eigenvalue weighted by atomic mass is 10.2. The minimum atomic E-state index is -3.90. The molecule has 8 nitrogen and oxygen atoms in total. The second-order valence-corrected chi connectivity index (χ2v) is 7.95. The minimum absolute atomic E-state index is 0.0239. The number of fused-ring (bicyclic) bond motifs is 1. The lowest BCUT2D eigenvalue weighted by molar-refractivity contribution is 0.145. The molecule has 2 aromatic carbocycles. The van der Waals surface area contributed by atoms with Gasteiger partial charge in [-0.25, -0.2) is 18.0 Å². The molecule has 0 radical (unpaired) electrons. The predicted octanol–water partition coefficient (Wildman–Crippen LogP) is 3.49. The van der Waals surface area contributed by atoms with Crippen molar-refractivity contribution >= 4 is 32.9 Å². The van der Waals surface area contributed by atoms with Gasteiger partial charge in [-0.3, -0.25) is 4.72 Å². The van der Waals surface area contributed by atoms with Gasteiger partial charge in [-0.1, -0.05) is 31.0 Å². The fourth-order valence-corrected chi connectivity index (χ4v) is 3.62. The number of hydrogen-bond donors (Lipinski definition) is 1. The van der Waals surface area contributed by atoms with E-state index in [1.54, 1.807) is 24.3 Å². The topological polar surface area (TPSA) is 108 Å². The van der Waals surface area contributed by atoms with Crippen LogP contribution in [-0.2, 0) is 14.8 Å². The quantitative estimate of drug-likeness (QED) is 0.630. The average molecular weight is 404 g/mol. The molecule has 1 aromatic heterocycles. The molecule has 148 valence electrons. The summed E-state index contributed by atoms with van der Waals surface area (Å²) in [4.78, 5) is 24.0. The van der Waals surface area contributed by atoms with Gasteiger partial charge in [0.2, 0.25) is 0 Å². The molecule has 0 aliphatic carbocycles. The van der Waals surface area contributed by atoms with Gasteiger partial charge in [0.1, 0.15) is 5.52 Å². The van der Waals surface area contributed by atoms with Crippen molar-refractivity contribution in [2.45, 2.75) is 31.6 Å². The highest BCUT2D eigenvalue weighted by Crippen LogP contribution is 2.21. The number of sulfonamides is 1. The molecule has 1 heterocycles. The lowest BCUT2D eigenvalue weighted by Crippen LogP contribution is -2.24. The van der Waals surface area contributed by atoms with Crippen LogP contribution in [0, 0.1) is 6.92 Å². The number of carbonyl (C=O) groups excluding carboxylic acids is 1. The summed E-state index contributed by atoms with van der Waals surface area (Å²) >= 11 is 0. The fraction of sp³-hybridized carbons (Fsp3) is 0.263. The zero-order chi connectivity index (χ0) is 20.3. The maximum absolute atomic E-state index is 12.6. The van der Waals surface area contributed by atoms with Crippen LogP contribution in [0.2, 0.25) is 0 Å². The highest BCUT2D eigenvalue weighted by atomic mass is 32.2. The van der Waals surface area contributed by atoms with Gasteiger partial charge < -0.3 is 9.15 Å². The Kier molecular flexibility index (Phi) is 5.55. The van der Waals surface area contributed by atoms with Crippen LogP contribution >= 0.6 is 0 Å². The first kappa shape index (κ1) is 19.7. The van der Waals surface area contributed by atoms with E-state index < -0.39 is 21.9 Å². The number of oxazole rings is 1. The molecular formula is C19H20N2O6S. The maximum Gasteiger partial charge on any atom is 0.429 e. The Morgan fingerprint density at radius 3 is 2.57 bits per heavy atom. The number of benzene rings is 2. The molecule has 0 fully saturated rings. The van der Waals surface area contributed by atoms with Gasteiger partial charge >= 0.3 is 11.8 Å². The van der Waals surface area contributed by atoms with Crippen LogP contribution in [-0.4, -0.2) is 25.7 Å². The van der Waals surface area contributed by atoms with E-state index in [1.165, 1.54) is 18.2 Å². The average Bonchev–Trinajstić information content (AvgIpc) is 2.98. The van der Waals surface area contributed by atoms with E-state index in [0.29, 0.717) is 12.1 Å². The van der Waals surface area contributed by atoms with Crippen LogP contribution in [0.5, 0.6) is 0 Å². The first-order valence-corrected chi connectivity index (χ1v) is 10.2. The standard InChI is InChI=1S/C19H20N2O6S/c1-3-4-11-26-18(22)21-16-10-9-15(12-17(16)27-19(21)23)28(24,25)20-14-7-5-13(2)6-8-14/h5-10,12,20H,3-4,11H2,1-2H3. The number of hydrogen-bond acceptors (Lipinski definition) is 6. The van der Waals surface area contributed by atoms with E-state index in [9.17, 15) is 18.0 Å². The van der Waals surface area contributed by atoms with E-state index in [0.717, 1.165) is 16.6 Å². The summed E-state index contributed by atoms with van der Waals surface area (Å²) < 4.78 is 38.5. The molecule has 0 aliphatic rings. The minimum Gasteiger partial charge on any atom is -0.449 e.